The second kappa shape index (κ2) is 7.13. The summed E-state index contributed by atoms with van der Waals surface area (Å²) in [5.74, 6) is 0.874. The molecule has 2 rings (SSSR count). The molecule has 0 radical (unpaired) electrons. The van der Waals surface area contributed by atoms with Crippen LogP contribution in [0.3, 0.4) is 0 Å². The van der Waals surface area contributed by atoms with Crippen LogP contribution in [-0.4, -0.2) is 13.3 Å². The molecular weight excluding hydrogens is 351 g/mol. The Morgan fingerprint density at radius 2 is 2.05 bits per heavy atom. The molecule has 0 aliphatic heterocycles. The average molecular weight is 366 g/mol. The lowest BCUT2D eigenvalue weighted by Gasteiger charge is -2.07. The molecule has 19 heavy (non-hydrogen) atoms. The summed E-state index contributed by atoms with van der Waals surface area (Å²) >= 11 is 2.29. The number of hydrogen-bond donors (Lipinski definition) is 1. The van der Waals surface area contributed by atoms with Gasteiger partial charge in [-0.05, 0) is 46.4 Å². The quantitative estimate of drug-likeness (QED) is 0.500. The Labute approximate surface area is 126 Å². The van der Waals surface area contributed by atoms with Crippen molar-refractivity contribution >= 4 is 28.8 Å². The molecule has 0 aliphatic carbocycles. The number of hydrogen-bond acceptors (Lipinski definition) is 3. The topological polar surface area (TPSA) is 33.6 Å². The van der Waals surface area contributed by atoms with Crippen LogP contribution in [0, 0.1) is 3.57 Å². The lowest BCUT2D eigenvalue weighted by atomic mass is 10.2. The molecule has 1 N–H and O–H groups in total. The molecule has 2 aromatic rings. The first-order valence-corrected chi connectivity index (χ1v) is 7.01. The summed E-state index contributed by atoms with van der Waals surface area (Å²) in [7, 11) is 1.67. The highest BCUT2D eigenvalue weighted by atomic mass is 127. The van der Waals surface area contributed by atoms with Gasteiger partial charge in [0.25, 0.3) is 0 Å². The van der Waals surface area contributed by atoms with E-state index in [-0.39, 0.29) is 0 Å². The monoisotopic (exact) mass is 366 g/mol. The lowest BCUT2D eigenvalue weighted by Crippen LogP contribution is -2.06. The van der Waals surface area contributed by atoms with E-state index in [9.17, 15) is 0 Å². The van der Waals surface area contributed by atoms with Crippen LogP contribution in [-0.2, 0) is 6.54 Å². The Morgan fingerprint density at radius 3 is 2.84 bits per heavy atom. The van der Waals surface area contributed by atoms with Gasteiger partial charge in [-0.25, -0.2) is 0 Å². The van der Waals surface area contributed by atoms with Crippen molar-refractivity contribution in [3.05, 3.63) is 63.2 Å². The molecule has 0 aliphatic rings. The molecule has 0 atom stereocenters. The molecule has 0 unspecified atom stereocenters. The van der Waals surface area contributed by atoms with Crippen molar-refractivity contribution in [1.82, 2.24) is 5.43 Å². The number of benzene rings is 2. The third kappa shape index (κ3) is 4.24. The van der Waals surface area contributed by atoms with Gasteiger partial charge >= 0.3 is 0 Å². The van der Waals surface area contributed by atoms with Crippen LogP contribution < -0.4 is 10.2 Å². The number of para-hydroxylation sites is 1. The minimum absolute atomic E-state index is 0.643. The standard InChI is InChI=1S/C15H15IN2O/c1-19-15-8-3-2-6-13(15)11-18-17-10-12-5-4-7-14(16)9-12/h2-10,18H,11H2,1H3/b17-10+. The van der Waals surface area contributed by atoms with Gasteiger partial charge in [0.05, 0.1) is 19.9 Å². The predicted molar refractivity (Wildman–Crippen MR) is 86.6 cm³/mol. The molecule has 3 nitrogen and oxygen atoms in total. The van der Waals surface area contributed by atoms with E-state index in [0.29, 0.717) is 6.54 Å². The van der Waals surface area contributed by atoms with E-state index < -0.39 is 0 Å². The Hall–Kier alpha value is -1.56. The lowest BCUT2D eigenvalue weighted by molar-refractivity contribution is 0.408. The third-order valence-electron chi connectivity index (χ3n) is 2.62. The highest BCUT2D eigenvalue weighted by Crippen LogP contribution is 2.16. The molecule has 0 fully saturated rings. The Bertz CT molecular complexity index is 570. The largest absolute Gasteiger partial charge is 0.496 e. The number of halogens is 1. The van der Waals surface area contributed by atoms with Gasteiger partial charge in [-0.3, -0.25) is 0 Å². The van der Waals surface area contributed by atoms with E-state index in [1.165, 1.54) is 3.57 Å². The summed E-state index contributed by atoms with van der Waals surface area (Å²) in [4.78, 5) is 0. The van der Waals surface area contributed by atoms with Gasteiger partial charge in [-0.1, -0.05) is 30.3 Å². The number of methoxy groups -OCH3 is 1. The fourth-order valence-electron chi connectivity index (χ4n) is 1.69. The second-order valence-corrected chi connectivity index (χ2v) is 5.21. The fraction of sp³-hybridized carbons (Fsp3) is 0.133. The van der Waals surface area contributed by atoms with E-state index in [1.54, 1.807) is 7.11 Å². The molecule has 0 heterocycles. The van der Waals surface area contributed by atoms with Gasteiger partial charge < -0.3 is 10.2 Å². The predicted octanol–water partition coefficient (Wildman–Crippen LogP) is 3.42. The first-order chi connectivity index (χ1) is 9.29. The Kier molecular flexibility index (Phi) is 5.20. The van der Waals surface area contributed by atoms with Gasteiger partial charge in [0, 0.05) is 9.13 Å². The Morgan fingerprint density at radius 1 is 1.21 bits per heavy atom. The van der Waals surface area contributed by atoms with E-state index in [0.717, 1.165) is 16.9 Å². The smallest absolute Gasteiger partial charge is 0.123 e. The summed E-state index contributed by atoms with van der Waals surface area (Å²) in [5.41, 5.74) is 5.20. The molecular formula is C15H15IN2O. The van der Waals surface area contributed by atoms with Crippen molar-refractivity contribution in [2.75, 3.05) is 7.11 Å². The van der Waals surface area contributed by atoms with Gasteiger partial charge in [0.1, 0.15) is 5.75 Å². The zero-order valence-electron chi connectivity index (χ0n) is 10.6. The molecule has 0 saturated heterocycles. The SMILES string of the molecule is COc1ccccc1CN/N=C/c1cccc(I)c1. The highest BCUT2D eigenvalue weighted by Gasteiger charge is 1.99. The molecule has 0 aromatic heterocycles. The van der Waals surface area contributed by atoms with Crippen molar-refractivity contribution in [3.63, 3.8) is 0 Å². The first kappa shape index (κ1) is 13.9. The second-order valence-electron chi connectivity index (χ2n) is 3.96. The average Bonchev–Trinajstić information content (AvgIpc) is 2.44. The molecule has 4 heteroatoms. The molecule has 98 valence electrons. The maximum Gasteiger partial charge on any atom is 0.123 e. The summed E-state index contributed by atoms with van der Waals surface area (Å²) in [6.07, 6.45) is 1.82. The van der Waals surface area contributed by atoms with Crippen LogP contribution >= 0.6 is 22.6 Å². The van der Waals surface area contributed by atoms with Gasteiger partial charge in [0.15, 0.2) is 0 Å². The maximum atomic E-state index is 5.28. The zero-order valence-corrected chi connectivity index (χ0v) is 12.8. The number of hydrazone groups is 1. The van der Waals surface area contributed by atoms with E-state index in [1.807, 2.05) is 42.6 Å². The number of ether oxygens (including phenoxy) is 1. The van der Waals surface area contributed by atoms with Crippen molar-refractivity contribution in [2.24, 2.45) is 5.10 Å². The van der Waals surface area contributed by atoms with Crippen LogP contribution in [0.1, 0.15) is 11.1 Å². The zero-order chi connectivity index (χ0) is 13.5. The van der Waals surface area contributed by atoms with Gasteiger partial charge in [-0.15, -0.1) is 0 Å². The molecule has 0 spiro atoms. The van der Waals surface area contributed by atoms with Crippen molar-refractivity contribution in [1.29, 1.82) is 0 Å². The van der Waals surface area contributed by atoms with Crippen LogP contribution in [0.25, 0.3) is 0 Å². The van der Waals surface area contributed by atoms with E-state index in [4.69, 9.17) is 4.74 Å². The van der Waals surface area contributed by atoms with Crippen LogP contribution in [0.4, 0.5) is 0 Å². The van der Waals surface area contributed by atoms with Gasteiger partial charge in [-0.2, -0.15) is 5.10 Å². The molecule has 2 aromatic carbocycles. The highest BCUT2D eigenvalue weighted by molar-refractivity contribution is 14.1. The summed E-state index contributed by atoms with van der Waals surface area (Å²) in [5, 5.41) is 4.22. The molecule has 0 bridgehead atoms. The summed E-state index contributed by atoms with van der Waals surface area (Å²) < 4.78 is 6.48. The number of nitrogens with zero attached hydrogens (tertiary/aromatic N) is 1. The van der Waals surface area contributed by atoms with E-state index >= 15 is 0 Å². The van der Waals surface area contributed by atoms with Crippen molar-refractivity contribution in [2.45, 2.75) is 6.54 Å². The molecule has 0 amide bonds. The van der Waals surface area contributed by atoms with Gasteiger partial charge in [0.2, 0.25) is 0 Å². The molecule has 0 saturated carbocycles. The summed E-state index contributed by atoms with van der Waals surface area (Å²) in [6, 6.07) is 16.1. The maximum absolute atomic E-state index is 5.28. The van der Waals surface area contributed by atoms with E-state index in [2.05, 4.69) is 45.3 Å². The number of rotatable bonds is 5. The first-order valence-electron chi connectivity index (χ1n) is 5.93. The Balaban J connectivity index is 1.93. The van der Waals surface area contributed by atoms with Crippen LogP contribution in [0.5, 0.6) is 5.75 Å². The minimum Gasteiger partial charge on any atom is -0.496 e. The normalized spacial score (nSPS) is 10.6. The fourth-order valence-corrected chi connectivity index (χ4v) is 2.25. The third-order valence-corrected chi connectivity index (χ3v) is 3.29. The van der Waals surface area contributed by atoms with Crippen LogP contribution in [0.2, 0.25) is 0 Å². The van der Waals surface area contributed by atoms with Crippen molar-refractivity contribution < 1.29 is 4.74 Å². The number of nitrogens with one attached hydrogen (secondary N) is 1. The van der Waals surface area contributed by atoms with Crippen LogP contribution in [0.15, 0.2) is 53.6 Å². The van der Waals surface area contributed by atoms with Crippen molar-refractivity contribution in [3.8, 4) is 5.75 Å². The minimum atomic E-state index is 0.643. The summed E-state index contributed by atoms with van der Waals surface area (Å²) in [6.45, 7) is 0.643.